The third kappa shape index (κ3) is 3.90. The molecule has 0 radical (unpaired) electrons. The molecule has 1 aromatic carbocycles. The first-order valence-corrected chi connectivity index (χ1v) is 11.3. The normalized spacial score (nSPS) is 24.1. The number of carboxylic acids is 1. The number of hydrogen-bond acceptors (Lipinski definition) is 5. The van der Waals surface area contributed by atoms with Crippen LogP contribution in [0.15, 0.2) is 42.5 Å². The first-order chi connectivity index (χ1) is 14.9. The number of fused-ring (bicyclic) bond motifs is 2. The van der Waals surface area contributed by atoms with Crippen molar-refractivity contribution in [3.8, 4) is 11.1 Å². The van der Waals surface area contributed by atoms with Crippen LogP contribution in [0.25, 0.3) is 11.1 Å². The maximum atomic E-state index is 13.3. The minimum absolute atomic E-state index is 0.105. The minimum Gasteiger partial charge on any atom is -0.481 e. The van der Waals surface area contributed by atoms with Crippen LogP contribution in [-0.4, -0.2) is 29.6 Å². The topological polar surface area (TPSA) is 92.7 Å². The number of anilines is 1. The van der Waals surface area contributed by atoms with Gasteiger partial charge in [-0.3, -0.25) is 9.59 Å². The summed E-state index contributed by atoms with van der Waals surface area (Å²) in [5.41, 5.74) is 1.93. The molecule has 2 bridgehead atoms. The summed E-state index contributed by atoms with van der Waals surface area (Å²) in [5, 5.41) is 13.1. The van der Waals surface area contributed by atoms with Gasteiger partial charge in [0.25, 0.3) is 0 Å². The Bertz CT molecular complexity index is 1040. The molecule has 1 aromatic heterocycles. The van der Waals surface area contributed by atoms with Crippen LogP contribution in [0.1, 0.15) is 35.0 Å². The third-order valence-electron chi connectivity index (χ3n) is 6.20. The van der Waals surface area contributed by atoms with Crippen LogP contribution >= 0.6 is 11.3 Å². The molecular weight excluding hydrogens is 414 g/mol. The Hall–Kier alpha value is -2.93. The van der Waals surface area contributed by atoms with Crippen molar-refractivity contribution in [1.82, 2.24) is 0 Å². The Labute approximate surface area is 184 Å². The molecule has 162 valence electrons. The van der Waals surface area contributed by atoms with E-state index in [1.807, 2.05) is 49.4 Å². The van der Waals surface area contributed by atoms with Crippen molar-refractivity contribution in [2.75, 3.05) is 11.9 Å². The summed E-state index contributed by atoms with van der Waals surface area (Å²) < 4.78 is 5.29. The van der Waals surface area contributed by atoms with E-state index in [-0.39, 0.29) is 24.3 Å². The average Bonchev–Trinajstić information content (AvgIpc) is 3.10. The van der Waals surface area contributed by atoms with Gasteiger partial charge in [-0.1, -0.05) is 42.5 Å². The summed E-state index contributed by atoms with van der Waals surface area (Å²) >= 11 is 1.31. The van der Waals surface area contributed by atoms with Crippen LogP contribution in [0.4, 0.5) is 5.00 Å². The van der Waals surface area contributed by atoms with Crippen LogP contribution in [0.3, 0.4) is 0 Å². The van der Waals surface area contributed by atoms with E-state index >= 15 is 0 Å². The van der Waals surface area contributed by atoms with E-state index in [0.717, 1.165) is 28.8 Å². The molecule has 2 aromatic rings. The smallest absolute Gasteiger partial charge is 0.341 e. The average molecular weight is 440 g/mol. The number of rotatable bonds is 6. The summed E-state index contributed by atoms with van der Waals surface area (Å²) in [5.74, 6) is -3.43. The predicted molar refractivity (Wildman–Crippen MR) is 119 cm³/mol. The van der Waals surface area contributed by atoms with Crippen LogP contribution in [0.5, 0.6) is 0 Å². The van der Waals surface area contributed by atoms with Crippen molar-refractivity contribution in [1.29, 1.82) is 0 Å². The molecule has 4 atom stereocenters. The molecule has 6 nitrogen and oxygen atoms in total. The maximum Gasteiger partial charge on any atom is 0.341 e. The van der Waals surface area contributed by atoms with Crippen LogP contribution < -0.4 is 5.32 Å². The van der Waals surface area contributed by atoms with Crippen molar-refractivity contribution in [2.24, 2.45) is 23.7 Å². The van der Waals surface area contributed by atoms with Gasteiger partial charge in [0.05, 0.1) is 18.4 Å². The summed E-state index contributed by atoms with van der Waals surface area (Å²) in [7, 11) is 0. The number of thiophene rings is 1. The highest BCUT2D eigenvalue weighted by molar-refractivity contribution is 7.17. The lowest BCUT2D eigenvalue weighted by Gasteiger charge is -2.41. The summed E-state index contributed by atoms with van der Waals surface area (Å²) in [6.07, 6.45) is 5.49. The quantitative estimate of drug-likeness (QED) is 0.500. The number of benzene rings is 1. The summed E-state index contributed by atoms with van der Waals surface area (Å²) in [6.45, 7) is 3.85. The first-order valence-electron chi connectivity index (χ1n) is 10.5. The van der Waals surface area contributed by atoms with E-state index in [4.69, 9.17) is 4.74 Å². The summed E-state index contributed by atoms with van der Waals surface area (Å²) in [4.78, 5) is 39.0. The van der Waals surface area contributed by atoms with Gasteiger partial charge in [-0.2, -0.15) is 0 Å². The lowest BCUT2D eigenvalue weighted by molar-refractivity contribution is -0.151. The molecule has 31 heavy (non-hydrogen) atoms. The van der Waals surface area contributed by atoms with E-state index in [1.165, 1.54) is 11.3 Å². The number of esters is 1. The van der Waals surface area contributed by atoms with Gasteiger partial charge in [0.2, 0.25) is 5.91 Å². The lowest BCUT2D eigenvalue weighted by Crippen LogP contribution is -2.47. The Morgan fingerprint density at radius 3 is 2.32 bits per heavy atom. The molecule has 0 unspecified atom stereocenters. The standard InChI is InChI=1S/C24H25NO5S/c1-3-30-24(29)20-17(14-7-5-4-6-8-14)13(2)31-22(20)25-21(26)18-15-9-11-16(12-10-15)19(18)23(27)28/h4-9,11,15-16,18-19H,3,10,12H2,1-2H3,(H,25,26)(H,27,28)/t15-,16-,18+,19+/m0/s1. The van der Waals surface area contributed by atoms with Crippen LogP contribution in [0.2, 0.25) is 0 Å². The second-order valence-electron chi connectivity index (χ2n) is 7.99. The third-order valence-corrected chi connectivity index (χ3v) is 7.22. The highest BCUT2D eigenvalue weighted by Crippen LogP contribution is 2.46. The van der Waals surface area contributed by atoms with Gasteiger partial charge < -0.3 is 15.2 Å². The van der Waals surface area contributed by atoms with Crippen molar-refractivity contribution in [3.63, 3.8) is 0 Å². The van der Waals surface area contributed by atoms with E-state index in [1.54, 1.807) is 6.92 Å². The number of nitrogens with one attached hydrogen (secondary N) is 1. The van der Waals surface area contributed by atoms with Gasteiger partial charge in [0.15, 0.2) is 0 Å². The number of aryl methyl sites for hydroxylation is 1. The Morgan fingerprint density at radius 1 is 1.10 bits per heavy atom. The molecule has 1 fully saturated rings. The fourth-order valence-electron chi connectivity index (χ4n) is 4.87. The second kappa shape index (κ2) is 8.67. The van der Waals surface area contributed by atoms with E-state index in [9.17, 15) is 19.5 Å². The van der Waals surface area contributed by atoms with Crippen molar-refractivity contribution >= 4 is 34.2 Å². The molecule has 2 N–H and O–H groups in total. The SMILES string of the molecule is CCOC(=O)c1c(NC(=O)[C@H]2[C@H](C(=O)O)[C@H]3C=C[C@H]2CC3)sc(C)c1-c1ccccc1. The number of carbonyl (C=O) groups excluding carboxylic acids is 2. The molecule has 3 aliphatic rings. The number of carboxylic acid groups (broad SMARTS) is 1. The number of aliphatic carboxylic acids is 1. The maximum absolute atomic E-state index is 13.3. The van der Waals surface area contributed by atoms with E-state index < -0.39 is 23.8 Å². The Balaban J connectivity index is 1.71. The summed E-state index contributed by atoms with van der Waals surface area (Å²) in [6, 6.07) is 9.50. The van der Waals surface area contributed by atoms with Gasteiger partial charge in [0.1, 0.15) is 10.6 Å². The highest BCUT2D eigenvalue weighted by Gasteiger charge is 2.48. The van der Waals surface area contributed by atoms with Crippen molar-refractivity contribution < 1.29 is 24.2 Å². The zero-order valence-corrected chi connectivity index (χ0v) is 18.3. The molecular formula is C24H25NO5S. The Kier molecular flexibility index (Phi) is 5.96. The van der Waals surface area contributed by atoms with E-state index in [0.29, 0.717) is 10.6 Å². The first kappa shape index (κ1) is 21.3. The van der Waals surface area contributed by atoms with E-state index in [2.05, 4.69) is 5.32 Å². The monoisotopic (exact) mass is 439 g/mol. The molecule has 0 aliphatic heterocycles. The zero-order chi connectivity index (χ0) is 22.1. The zero-order valence-electron chi connectivity index (χ0n) is 17.5. The molecule has 1 heterocycles. The largest absolute Gasteiger partial charge is 0.481 e. The molecule has 0 spiro atoms. The number of amides is 1. The predicted octanol–water partition coefficient (Wildman–Crippen LogP) is 4.75. The van der Waals surface area contributed by atoms with Gasteiger partial charge in [-0.05, 0) is 44.1 Å². The number of allylic oxidation sites excluding steroid dienone is 2. The van der Waals surface area contributed by atoms with Gasteiger partial charge in [-0.25, -0.2) is 4.79 Å². The number of ether oxygens (including phenoxy) is 1. The van der Waals surface area contributed by atoms with Gasteiger partial charge in [-0.15, -0.1) is 11.3 Å². The van der Waals surface area contributed by atoms with Crippen molar-refractivity contribution in [2.45, 2.75) is 26.7 Å². The minimum atomic E-state index is -0.947. The lowest BCUT2D eigenvalue weighted by atomic mass is 9.62. The second-order valence-corrected chi connectivity index (χ2v) is 9.22. The number of hydrogen-bond donors (Lipinski definition) is 2. The molecule has 1 saturated carbocycles. The van der Waals surface area contributed by atoms with Crippen molar-refractivity contribution in [3.05, 3.63) is 52.9 Å². The van der Waals surface area contributed by atoms with Crippen LogP contribution in [-0.2, 0) is 14.3 Å². The van der Waals surface area contributed by atoms with Crippen LogP contribution in [0, 0.1) is 30.6 Å². The molecule has 0 saturated heterocycles. The van der Waals surface area contributed by atoms with Gasteiger partial charge in [0, 0.05) is 10.4 Å². The molecule has 3 aliphatic carbocycles. The number of carbonyl (C=O) groups is 3. The molecule has 1 amide bonds. The fraction of sp³-hybridized carbons (Fsp3) is 0.375. The van der Waals surface area contributed by atoms with Gasteiger partial charge >= 0.3 is 11.9 Å². The molecule has 5 rings (SSSR count). The highest BCUT2D eigenvalue weighted by atomic mass is 32.1. The Morgan fingerprint density at radius 2 is 1.74 bits per heavy atom. The fourth-order valence-corrected chi connectivity index (χ4v) is 5.93. The molecule has 7 heteroatoms.